The van der Waals surface area contributed by atoms with E-state index in [1.807, 2.05) is 18.2 Å². The smallest absolute Gasteiger partial charge is 0.260 e. The van der Waals surface area contributed by atoms with Crippen LogP contribution >= 0.6 is 11.6 Å². The van der Waals surface area contributed by atoms with Crippen molar-refractivity contribution < 1.29 is 9.21 Å². The topological polar surface area (TPSA) is 45.5 Å². The van der Waals surface area contributed by atoms with Gasteiger partial charge in [-0.05, 0) is 48.7 Å². The first-order valence-electron chi connectivity index (χ1n) is 6.63. The molecular formula is C15H15ClN2O2. The average molecular weight is 291 g/mol. The van der Waals surface area contributed by atoms with Crippen LogP contribution in [0.25, 0.3) is 0 Å². The Hall–Kier alpha value is -1.94. The number of carbonyl (C=O) groups is 1. The van der Waals surface area contributed by atoms with Crippen molar-refractivity contribution in [1.82, 2.24) is 0 Å². The van der Waals surface area contributed by atoms with Crippen molar-refractivity contribution in [1.29, 1.82) is 0 Å². The lowest BCUT2D eigenvalue weighted by Crippen LogP contribution is -2.18. The molecule has 2 aromatic rings. The minimum atomic E-state index is -0.262. The first-order valence-corrected chi connectivity index (χ1v) is 7.01. The molecule has 1 saturated heterocycles. The van der Waals surface area contributed by atoms with E-state index in [0.717, 1.165) is 24.5 Å². The van der Waals surface area contributed by atoms with E-state index in [4.69, 9.17) is 16.0 Å². The summed E-state index contributed by atoms with van der Waals surface area (Å²) in [6.07, 6.45) is 3.85. The second kappa shape index (κ2) is 5.59. The minimum absolute atomic E-state index is 0.109. The van der Waals surface area contributed by atoms with E-state index in [-0.39, 0.29) is 11.1 Å². The lowest BCUT2D eigenvalue weighted by atomic mass is 10.2. The quantitative estimate of drug-likeness (QED) is 0.935. The van der Waals surface area contributed by atoms with Crippen LogP contribution in [-0.2, 0) is 0 Å². The predicted molar refractivity (Wildman–Crippen MR) is 79.6 cm³/mol. The third-order valence-corrected chi connectivity index (χ3v) is 3.73. The van der Waals surface area contributed by atoms with E-state index >= 15 is 0 Å². The van der Waals surface area contributed by atoms with Gasteiger partial charge in [0.05, 0.1) is 11.8 Å². The molecule has 1 fully saturated rings. The SMILES string of the molecule is O=C(Nc1cccc(N2CCCC2)c1)c1ccoc1Cl. The van der Waals surface area contributed by atoms with Gasteiger partial charge in [0.15, 0.2) is 0 Å². The highest BCUT2D eigenvalue weighted by Crippen LogP contribution is 2.24. The summed E-state index contributed by atoms with van der Waals surface area (Å²) in [6, 6.07) is 9.41. The molecule has 0 saturated carbocycles. The van der Waals surface area contributed by atoms with E-state index in [9.17, 15) is 4.79 Å². The van der Waals surface area contributed by atoms with Gasteiger partial charge < -0.3 is 14.6 Å². The van der Waals surface area contributed by atoms with Gasteiger partial charge in [0.25, 0.3) is 5.91 Å². The van der Waals surface area contributed by atoms with Gasteiger partial charge in [0.1, 0.15) is 0 Å². The molecule has 1 N–H and O–H groups in total. The van der Waals surface area contributed by atoms with Crippen LogP contribution in [0, 0.1) is 0 Å². The van der Waals surface area contributed by atoms with E-state index in [2.05, 4.69) is 16.3 Å². The van der Waals surface area contributed by atoms with Crippen molar-refractivity contribution in [3.8, 4) is 0 Å². The predicted octanol–water partition coefficient (Wildman–Crippen LogP) is 3.79. The number of amides is 1. The Balaban J connectivity index is 1.76. The summed E-state index contributed by atoms with van der Waals surface area (Å²) in [7, 11) is 0. The monoisotopic (exact) mass is 290 g/mol. The van der Waals surface area contributed by atoms with Gasteiger partial charge in [-0.2, -0.15) is 0 Å². The minimum Gasteiger partial charge on any atom is -0.452 e. The van der Waals surface area contributed by atoms with Crippen LogP contribution in [-0.4, -0.2) is 19.0 Å². The Bertz CT molecular complexity index is 618. The van der Waals surface area contributed by atoms with E-state index < -0.39 is 0 Å². The van der Waals surface area contributed by atoms with Crippen LogP contribution in [0.15, 0.2) is 41.0 Å². The Kier molecular flexibility index (Phi) is 3.65. The van der Waals surface area contributed by atoms with E-state index in [1.165, 1.54) is 19.1 Å². The average Bonchev–Trinajstić information content (AvgIpc) is 3.09. The molecule has 1 aromatic carbocycles. The second-order valence-corrected chi connectivity index (χ2v) is 5.15. The molecule has 1 amide bonds. The van der Waals surface area contributed by atoms with Crippen molar-refractivity contribution in [3.63, 3.8) is 0 Å². The summed E-state index contributed by atoms with van der Waals surface area (Å²) in [4.78, 5) is 14.4. The molecule has 0 atom stereocenters. The van der Waals surface area contributed by atoms with E-state index in [0.29, 0.717) is 5.56 Å². The number of hydrogen-bond donors (Lipinski definition) is 1. The highest BCUT2D eigenvalue weighted by Gasteiger charge is 2.15. The van der Waals surface area contributed by atoms with Crippen LogP contribution in [0.3, 0.4) is 0 Å². The normalized spacial score (nSPS) is 14.6. The number of nitrogens with zero attached hydrogens (tertiary/aromatic N) is 1. The van der Waals surface area contributed by atoms with E-state index in [1.54, 1.807) is 6.07 Å². The number of anilines is 2. The highest BCUT2D eigenvalue weighted by atomic mass is 35.5. The molecule has 2 heterocycles. The molecule has 5 heteroatoms. The third kappa shape index (κ3) is 2.65. The Morgan fingerprint density at radius 1 is 1.25 bits per heavy atom. The zero-order chi connectivity index (χ0) is 13.9. The fourth-order valence-corrected chi connectivity index (χ4v) is 2.61. The van der Waals surface area contributed by atoms with Crippen molar-refractivity contribution >= 4 is 28.9 Å². The molecule has 1 aromatic heterocycles. The van der Waals surface area contributed by atoms with Gasteiger partial charge in [-0.3, -0.25) is 4.79 Å². The molecule has 0 aliphatic carbocycles. The molecule has 3 rings (SSSR count). The maximum Gasteiger partial charge on any atom is 0.260 e. The van der Waals surface area contributed by atoms with Crippen molar-refractivity contribution in [2.45, 2.75) is 12.8 Å². The number of halogens is 1. The first kappa shape index (κ1) is 13.1. The standard InChI is InChI=1S/C15H15ClN2O2/c16-14-13(6-9-20-14)15(19)17-11-4-3-5-12(10-11)18-7-1-2-8-18/h3-6,9-10H,1-2,7-8H2,(H,17,19). The summed E-state index contributed by atoms with van der Waals surface area (Å²) in [5.74, 6) is -0.262. The summed E-state index contributed by atoms with van der Waals surface area (Å²) in [5.41, 5.74) is 2.24. The number of benzene rings is 1. The highest BCUT2D eigenvalue weighted by molar-refractivity contribution is 6.32. The third-order valence-electron chi connectivity index (χ3n) is 3.44. The molecule has 1 aliphatic heterocycles. The summed E-state index contributed by atoms with van der Waals surface area (Å²) >= 11 is 5.80. The molecule has 1 aliphatic rings. The van der Waals surface area contributed by atoms with Gasteiger partial charge in [-0.1, -0.05) is 6.07 Å². The Morgan fingerprint density at radius 2 is 2.05 bits per heavy atom. The molecule has 0 unspecified atom stereocenters. The van der Waals surface area contributed by atoms with Crippen LogP contribution in [0.2, 0.25) is 5.22 Å². The summed E-state index contributed by atoms with van der Waals surface area (Å²) in [5, 5.41) is 2.95. The number of carbonyl (C=O) groups excluding carboxylic acids is 1. The lowest BCUT2D eigenvalue weighted by Gasteiger charge is -2.18. The maximum absolute atomic E-state index is 12.1. The number of nitrogens with one attached hydrogen (secondary N) is 1. The molecule has 104 valence electrons. The molecule has 20 heavy (non-hydrogen) atoms. The fourth-order valence-electron chi connectivity index (χ4n) is 2.41. The van der Waals surface area contributed by atoms with Gasteiger partial charge in [0, 0.05) is 24.5 Å². The van der Waals surface area contributed by atoms with Crippen LogP contribution in [0.4, 0.5) is 11.4 Å². The number of furan rings is 1. The van der Waals surface area contributed by atoms with Crippen molar-refractivity contribution in [2.75, 3.05) is 23.3 Å². The molecule has 0 spiro atoms. The van der Waals surface area contributed by atoms with Gasteiger partial charge in [0.2, 0.25) is 5.22 Å². The zero-order valence-corrected chi connectivity index (χ0v) is 11.7. The Labute approximate surface area is 122 Å². The summed E-state index contributed by atoms with van der Waals surface area (Å²) in [6.45, 7) is 2.15. The lowest BCUT2D eigenvalue weighted by molar-refractivity contribution is 0.102. The van der Waals surface area contributed by atoms with Gasteiger partial charge >= 0.3 is 0 Å². The maximum atomic E-state index is 12.1. The van der Waals surface area contributed by atoms with Gasteiger partial charge in [-0.25, -0.2) is 0 Å². The van der Waals surface area contributed by atoms with Crippen LogP contribution in [0.1, 0.15) is 23.2 Å². The number of rotatable bonds is 3. The van der Waals surface area contributed by atoms with Crippen molar-refractivity contribution in [3.05, 3.63) is 47.4 Å². The largest absolute Gasteiger partial charge is 0.452 e. The first-order chi connectivity index (χ1) is 9.74. The molecule has 4 nitrogen and oxygen atoms in total. The van der Waals surface area contributed by atoms with Crippen LogP contribution in [0.5, 0.6) is 0 Å². The molecule has 0 bridgehead atoms. The summed E-state index contributed by atoms with van der Waals surface area (Å²) < 4.78 is 4.92. The van der Waals surface area contributed by atoms with Crippen molar-refractivity contribution in [2.24, 2.45) is 0 Å². The van der Waals surface area contributed by atoms with Crippen LogP contribution < -0.4 is 10.2 Å². The fraction of sp³-hybridized carbons (Fsp3) is 0.267. The Morgan fingerprint density at radius 3 is 2.75 bits per heavy atom. The second-order valence-electron chi connectivity index (χ2n) is 4.81. The zero-order valence-electron chi connectivity index (χ0n) is 10.9. The van der Waals surface area contributed by atoms with Gasteiger partial charge in [-0.15, -0.1) is 0 Å². The molecular weight excluding hydrogens is 276 g/mol. The number of hydrogen-bond acceptors (Lipinski definition) is 3. The molecule has 0 radical (unpaired) electrons.